The third-order valence-corrected chi connectivity index (χ3v) is 12.9. The number of phenols is 1. The first kappa shape index (κ1) is 32.0. The van der Waals surface area contributed by atoms with E-state index in [2.05, 4.69) is 31.9 Å². The van der Waals surface area contributed by atoms with Crippen LogP contribution >= 0.6 is 43.5 Å². The zero-order valence-corrected chi connectivity index (χ0v) is 29.1. The summed E-state index contributed by atoms with van der Waals surface area (Å²) < 4.78 is 20.4. The number of hydrogen-bond donors (Lipinski definition) is 1. The summed E-state index contributed by atoms with van der Waals surface area (Å²) in [6, 6.07) is 14.6. The third-order valence-electron chi connectivity index (χ3n) is 10.4. The zero-order chi connectivity index (χ0) is 33.5. The van der Waals surface area contributed by atoms with Crippen molar-refractivity contribution in [2.75, 3.05) is 12.0 Å². The Morgan fingerprint density at radius 3 is 2.40 bits per heavy atom. The fraction of sp³-hybridized carbons (Fsp3) is 0.314. The van der Waals surface area contributed by atoms with Gasteiger partial charge in [-0.15, -0.1) is 0 Å². The van der Waals surface area contributed by atoms with Gasteiger partial charge in [-0.2, -0.15) is 0 Å². The number of methoxy groups -OCH3 is 1. The molecule has 3 aromatic rings. The van der Waals surface area contributed by atoms with Gasteiger partial charge in [0.25, 0.3) is 0 Å². The highest BCUT2D eigenvalue weighted by molar-refractivity contribution is 9.13. The van der Waals surface area contributed by atoms with Crippen molar-refractivity contribution < 1.29 is 33.4 Å². The van der Waals surface area contributed by atoms with E-state index in [1.165, 1.54) is 24.1 Å². The van der Waals surface area contributed by atoms with E-state index in [-0.39, 0.29) is 53.4 Å². The smallest absolute Gasteiger partial charge is 0.241 e. The molecule has 1 saturated carbocycles. The van der Waals surface area contributed by atoms with Gasteiger partial charge in [-0.25, -0.2) is 9.29 Å². The average Bonchev–Trinajstić information content (AvgIpc) is 3.41. The van der Waals surface area contributed by atoms with Gasteiger partial charge < -0.3 is 9.84 Å². The molecule has 12 heteroatoms. The number of rotatable bonds is 5. The number of phenolic OH excluding ortho intramolecular Hbond substituents is 1. The van der Waals surface area contributed by atoms with Crippen LogP contribution in [0.4, 0.5) is 10.1 Å². The molecule has 4 amide bonds. The standard InChI is InChI=1S/C35H28Br2ClFN2O6/c1-35-22(32(44)41(34(35)46)17-8-11-24(39)23(38)12-17)13-20-18(27(35)21-14-25(47-2)30(42)29(37)28(21)36)9-10-19-26(20)33(45)40(31(19)43)15-16-6-4-3-5-7-16/h3-9,11-12,14,19-20,22,26-27,42H,10,13,15H2,1-2H3/t19-,20+,22-,26-,27+,35+/m0/s1. The Hall–Kier alpha value is -3.54. The fourth-order valence-electron chi connectivity index (χ4n) is 8.19. The first-order valence-corrected chi connectivity index (χ1v) is 17.0. The molecule has 0 unspecified atom stereocenters. The molecule has 2 aliphatic carbocycles. The lowest BCUT2D eigenvalue weighted by atomic mass is 9.51. The predicted molar refractivity (Wildman–Crippen MR) is 178 cm³/mol. The maximum Gasteiger partial charge on any atom is 0.241 e. The number of aromatic hydroxyl groups is 1. The molecular weight excluding hydrogens is 759 g/mol. The molecule has 8 nitrogen and oxygen atoms in total. The van der Waals surface area contributed by atoms with Crippen LogP contribution in [0, 0.1) is 34.9 Å². The van der Waals surface area contributed by atoms with E-state index in [1.54, 1.807) is 13.0 Å². The number of carbonyl (C=O) groups excluding carboxylic acids is 4. The molecule has 47 heavy (non-hydrogen) atoms. The molecule has 1 N–H and O–H groups in total. The van der Waals surface area contributed by atoms with E-state index in [9.17, 15) is 28.7 Å². The quantitative estimate of drug-likeness (QED) is 0.218. The summed E-state index contributed by atoms with van der Waals surface area (Å²) in [5.74, 6) is -5.78. The molecule has 6 atom stereocenters. The Bertz CT molecular complexity index is 1920. The van der Waals surface area contributed by atoms with Gasteiger partial charge in [-0.05, 0) is 92.9 Å². The van der Waals surface area contributed by atoms with Crippen molar-refractivity contribution in [3.8, 4) is 11.5 Å². The molecule has 4 aliphatic rings. The molecule has 0 spiro atoms. The van der Waals surface area contributed by atoms with Crippen LogP contribution in [0.5, 0.6) is 11.5 Å². The van der Waals surface area contributed by atoms with Crippen LogP contribution < -0.4 is 9.64 Å². The van der Waals surface area contributed by atoms with Crippen LogP contribution in [0.1, 0.15) is 36.8 Å². The van der Waals surface area contributed by atoms with Gasteiger partial charge in [-0.1, -0.05) is 53.6 Å². The van der Waals surface area contributed by atoms with Gasteiger partial charge >= 0.3 is 0 Å². The monoisotopic (exact) mass is 784 g/mol. The molecule has 3 fully saturated rings. The molecule has 0 bridgehead atoms. The van der Waals surface area contributed by atoms with Crippen LogP contribution in [0.2, 0.25) is 5.02 Å². The lowest BCUT2D eigenvalue weighted by molar-refractivity contribution is -0.141. The number of ether oxygens (including phenoxy) is 1. The van der Waals surface area contributed by atoms with Crippen LogP contribution in [0.25, 0.3) is 0 Å². The molecular formula is C35H28Br2ClFN2O6. The molecule has 7 rings (SSSR count). The number of nitrogens with zero attached hydrogens (tertiary/aromatic N) is 2. The van der Waals surface area contributed by atoms with E-state index in [0.717, 1.165) is 22.1 Å². The summed E-state index contributed by atoms with van der Waals surface area (Å²) in [5, 5.41) is 10.5. The van der Waals surface area contributed by atoms with Crippen molar-refractivity contribution in [3.63, 3.8) is 0 Å². The van der Waals surface area contributed by atoms with Crippen molar-refractivity contribution in [2.24, 2.45) is 29.1 Å². The molecule has 3 aromatic carbocycles. The van der Waals surface area contributed by atoms with Crippen LogP contribution in [0.15, 0.2) is 75.2 Å². The second kappa shape index (κ2) is 11.6. The number of fused-ring (bicyclic) bond motifs is 4. The van der Waals surface area contributed by atoms with Crippen LogP contribution in [-0.4, -0.2) is 40.7 Å². The Morgan fingerprint density at radius 2 is 1.72 bits per heavy atom. The van der Waals surface area contributed by atoms with E-state index >= 15 is 0 Å². The average molecular weight is 787 g/mol. The molecule has 2 aliphatic heterocycles. The zero-order valence-electron chi connectivity index (χ0n) is 25.2. The number of amides is 4. The second-order valence-electron chi connectivity index (χ2n) is 12.7. The normalized spacial score (nSPS) is 28.3. The van der Waals surface area contributed by atoms with Crippen LogP contribution in [-0.2, 0) is 25.7 Å². The number of benzene rings is 3. The van der Waals surface area contributed by atoms with E-state index in [1.807, 2.05) is 36.4 Å². The van der Waals surface area contributed by atoms with E-state index < -0.39 is 52.6 Å². The molecule has 0 radical (unpaired) electrons. The maximum absolute atomic E-state index is 14.6. The second-order valence-corrected chi connectivity index (χ2v) is 14.6. The van der Waals surface area contributed by atoms with Crippen molar-refractivity contribution in [1.29, 1.82) is 0 Å². The van der Waals surface area contributed by atoms with Gasteiger partial charge in [0.05, 0.1) is 52.0 Å². The summed E-state index contributed by atoms with van der Waals surface area (Å²) >= 11 is 13.2. The number of carbonyl (C=O) groups is 4. The summed E-state index contributed by atoms with van der Waals surface area (Å²) in [4.78, 5) is 59.3. The molecule has 2 heterocycles. The van der Waals surface area contributed by atoms with Gasteiger partial charge in [0.2, 0.25) is 23.6 Å². The number of imide groups is 2. The molecule has 2 saturated heterocycles. The van der Waals surface area contributed by atoms with Gasteiger partial charge in [-0.3, -0.25) is 24.1 Å². The summed E-state index contributed by atoms with van der Waals surface area (Å²) in [6.45, 7) is 1.88. The number of anilines is 1. The first-order valence-electron chi connectivity index (χ1n) is 15.1. The first-order chi connectivity index (χ1) is 22.4. The van der Waals surface area contributed by atoms with Crippen molar-refractivity contribution in [3.05, 3.63) is 97.2 Å². The Morgan fingerprint density at radius 1 is 1.00 bits per heavy atom. The Kier molecular flexibility index (Phi) is 7.88. The SMILES string of the molecule is COc1cc([C@H]2C3=CC[C@@H]4C(=O)N(Cc5ccccc5)C(=O)[C@@H]4[C@@H]3C[C@H]3C(=O)N(c4ccc(F)c(Cl)c4)C(=O)[C@@]23C)c(Br)c(Br)c1O. The van der Waals surface area contributed by atoms with E-state index in [0.29, 0.717) is 14.5 Å². The number of hydrogen-bond acceptors (Lipinski definition) is 6. The van der Waals surface area contributed by atoms with Gasteiger partial charge in [0.15, 0.2) is 11.5 Å². The minimum atomic E-state index is -1.37. The highest BCUT2D eigenvalue weighted by Crippen LogP contribution is 2.65. The van der Waals surface area contributed by atoms with Crippen molar-refractivity contribution in [2.45, 2.75) is 32.2 Å². The maximum atomic E-state index is 14.6. The topological polar surface area (TPSA) is 104 Å². The lowest BCUT2D eigenvalue weighted by Crippen LogP contribution is -2.49. The minimum absolute atomic E-state index is 0.139. The molecule has 0 aromatic heterocycles. The number of allylic oxidation sites excluding steroid dienone is 2. The summed E-state index contributed by atoms with van der Waals surface area (Å²) in [6.07, 6.45) is 2.39. The van der Waals surface area contributed by atoms with Gasteiger partial charge in [0, 0.05) is 10.4 Å². The number of likely N-dealkylation sites (tertiary alicyclic amines) is 1. The predicted octanol–water partition coefficient (Wildman–Crippen LogP) is 7.15. The number of halogens is 4. The summed E-state index contributed by atoms with van der Waals surface area (Å²) in [7, 11) is 1.41. The minimum Gasteiger partial charge on any atom is -0.503 e. The van der Waals surface area contributed by atoms with Crippen LogP contribution in [0.3, 0.4) is 0 Å². The van der Waals surface area contributed by atoms with E-state index in [4.69, 9.17) is 16.3 Å². The Labute approximate surface area is 291 Å². The highest BCUT2D eigenvalue weighted by atomic mass is 79.9. The summed E-state index contributed by atoms with van der Waals surface area (Å²) in [5.41, 5.74) is 0.928. The highest BCUT2D eigenvalue weighted by Gasteiger charge is 2.68. The lowest BCUT2D eigenvalue weighted by Gasteiger charge is -2.49. The Balaban J connectivity index is 1.39. The van der Waals surface area contributed by atoms with Crippen molar-refractivity contribution >= 4 is 72.8 Å². The van der Waals surface area contributed by atoms with Crippen molar-refractivity contribution in [1.82, 2.24) is 4.90 Å². The molecule has 242 valence electrons. The van der Waals surface area contributed by atoms with Gasteiger partial charge in [0.1, 0.15) is 5.82 Å². The fourth-order valence-corrected chi connectivity index (χ4v) is 9.32. The third kappa shape index (κ3) is 4.63. The largest absolute Gasteiger partial charge is 0.503 e.